The molecule has 0 atom stereocenters. The van der Waals surface area contributed by atoms with Crippen LogP contribution in [0.3, 0.4) is 0 Å². The van der Waals surface area contributed by atoms with Crippen molar-refractivity contribution < 1.29 is 8.42 Å². The smallest absolute Gasteiger partial charge is 0.157 e. The Balaban J connectivity index is 2.54. The first-order chi connectivity index (χ1) is 7.96. The molecule has 0 amide bonds. The van der Waals surface area contributed by atoms with Crippen LogP contribution in [0.5, 0.6) is 0 Å². The van der Waals surface area contributed by atoms with Crippen LogP contribution in [0, 0.1) is 0 Å². The third-order valence-electron chi connectivity index (χ3n) is 3.78. The van der Waals surface area contributed by atoms with Crippen LogP contribution in [-0.2, 0) is 14.6 Å². The maximum absolute atomic E-state index is 12.2. The summed E-state index contributed by atoms with van der Waals surface area (Å²) < 4.78 is 23.7. The van der Waals surface area contributed by atoms with Crippen LogP contribution in [0.4, 0.5) is 5.69 Å². The molecule has 0 unspecified atom stereocenters. The molecule has 0 heterocycles. The second kappa shape index (κ2) is 4.33. The van der Waals surface area contributed by atoms with Crippen LogP contribution in [0.25, 0.3) is 0 Å². The zero-order valence-electron chi connectivity index (χ0n) is 10.1. The minimum Gasteiger partial charge on any atom is -0.399 e. The predicted octanol–water partition coefficient (Wildman–Crippen LogP) is 2.47. The van der Waals surface area contributed by atoms with E-state index < -0.39 is 14.6 Å². The molecule has 1 aromatic rings. The number of benzene rings is 1. The first-order valence-corrected chi connectivity index (χ1v) is 7.90. The monoisotopic (exact) mass is 253 g/mol. The van der Waals surface area contributed by atoms with E-state index in [1.165, 1.54) is 6.26 Å². The number of sulfone groups is 1. The van der Waals surface area contributed by atoms with Crippen molar-refractivity contribution in [3.63, 3.8) is 0 Å². The van der Waals surface area contributed by atoms with Crippen molar-refractivity contribution in [1.29, 1.82) is 0 Å². The zero-order valence-corrected chi connectivity index (χ0v) is 11.0. The summed E-state index contributed by atoms with van der Waals surface area (Å²) in [6.45, 7) is 0. The van der Waals surface area contributed by atoms with Crippen LogP contribution >= 0.6 is 0 Å². The lowest BCUT2D eigenvalue weighted by molar-refractivity contribution is 0.382. The summed E-state index contributed by atoms with van der Waals surface area (Å²) in [5.74, 6) is 0. The second-order valence-corrected chi connectivity index (χ2v) is 7.28. The molecule has 2 N–H and O–H groups in total. The Kier molecular flexibility index (Phi) is 3.17. The van der Waals surface area contributed by atoms with Gasteiger partial charge >= 0.3 is 0 Å². The Morgan fingerprint density at radius 2 is 1.82 bits per heavy atom. The molecule has 2 rings (SSSR count). The highest BCUT2D eigenvalue weighted by Gasteiger charge is 2.43. The molecule has 0 spiro atoms. The van der Waals surface area contributed by atoms with Gasteiger partial charge in [0.05, 0.1) is 4.75 Å². The summed E-state index contributed by atoms with van der Waals surface area (Å²) in [5.41, 5.74) is 7.27. The number of anilines is 1. The molecule has 3 nitrogen and oxygen atoms in total. The maximum atomic E-state index is 12.2. The molecule has 1 aromatic carbocycles. The molecule has 94 valence electrons. The molecule has 0 aromatic heterocycles. The Bertz CT molecular complexity index is 502. The van der Waals surface area contributed by atoms with E-state index >= 15 is 0 Å². The van der Waals surface area contributed by atoms with Gasteiger partial charge in [-0.15, -0.1) is 0 Å². The largest absolute Gasteiger partial charge is 0.399 e. The zero-order chi connectivity index (χ0) is 12.5. The molecule has 0 bridgehead atoms. The summed E-state index contributed by atoms with van der Waals surface area (Å²) in [4.78, 5) is 0. The second-order valence-electron chi connectivity index (χ2n) is 4.95. The number of hydrogen-bond donors (Lipinski definition) is 1. The lowest BCUT2D eigenvalue weighted by Gasteiger charge is -2.36. The van der Waals surface area contributed by atoms with E-state index in [4.69, 9.17) is 5.73 Å². The van der Waals surface area contributed by atoms with Crippen LogP contribution in [0.1, 0.15) is 37.7 Å². The number of nitrogens with two attached hydrogens (primary N) is 1. The predicted molar refractivity (Wildman–Crippen MR) is 70.5 cm³/mol. The fourth-order valence-corrected chi connectivity index (χ4v) is 4.40. The van der Waals surface area contributed by atoms with E-state index in [1.807, 2.05) is 18.2 Å². The van der Waals surface area contributed by atoms with Crippen molar-refractivity contribution in [2.24, 2.45) is 0 Å². The molecule has 0 saturated heterocycles. The molecular formula is C13H19NO2S. The van der Waals surface area contributed by atoms with Crippen molar-refractivity contribution in [3.8, 4) is 0 Å². The third-order valence-corrected chi connectivity index (χ3v) is 5.85. The average Bonchev–Trinajstić information content (AvgIpc) is 2.28. The van der Waals surface area contributed by atoms with E-state index in [0.717, 1.165) is 37.7 Å². The summed E-state index contributed by atoms with van der Waals surface area (Å²) in [7, 11) is -3.11. The van der Waals surface area contributed by atoms with Gasteiger partial charge < -0.3 is 5.73 Å². The molecule has 0 aliphatic heterocycles. The Labute approximate surface area is 103 Å². The van der Waals surface area contributed by atoms with Crippen molar-refractivity contribution in [1.82, 2.24) is 0 Å². The fraction of sp³-hybridized carbons (Fsp3) is 0.538. The molecule has 4 heteroatoms. The summed E-state index contributed by atoms with van der Waals surface area (Å²) >= 11 is 0. The topological polar surface area (TPSA) is 60.2 Å². The van der Waals surface area contributed by atoms with Gasteiger partial charge in [-0.1, -0.05) is 31.4 Å². The Morgan fingerprint density at radius 1 is 1.18 bits per heavy atom. The minimum atomic E-state index is -3.11. The van der Waals surface area contributed by atoms with Gasteiger partial charge in [0, 0.05) is 11.9 Å². The van der Waals surface area contributed by atoms with Crippen molar-refractivity contribution in [2.45, 2.75) is 36.9 Å². The van der Waals surface area contributed by atoms with Gasteiger partial charge in [-0.3, -0.25) is 0 Å². The van der Waals surface area contributed by atoms with E-state index in [2.05, 4.69) is 0 Å². The van der Waals surface area contributed by atoms with Crippen LogP contribution in [-0.4, -0.2) is 14.7 Å². The van der Waals surface area contributed by atoms with Gasteiger partial charge in [0.2, 0.25) is 0 Å². The molecule has 1 saturated carbocycles. The molecule has 0 radical (unpaired) electrons. The van der Waals surface area contributed by atoms with Crippen LogP contribution in [0.15, 0.2) is 24.3 Å². The Morgan fingerprint density at radius 3 is 2.35 bits per heavy atom. The number of hydrogen-bond acceptors (Lipinski definition) is 3. The van der Waals surface area contributed by atoms with Gasteiger partial charge in [0.15, 0.2) is 9.84 Å². The average molecular weight is 253 g/mol. The minimum absolute atomic E-state index is 0.635. The highest BCUT2D eigenvalue weighted by Crippen LogP contribution is 2.43. The van der Waals surface area contributed by atoms with Crippen molar-refractivity contribution in [3.05, 3.63) is 29.8 Å². The van der Waals surface area contributed by atoms with Crippen molar-refractivity contribution in [2.75, 3.05) is 12.0 Å². The van der Waals surface area contributed by atoms with Crippen LogP contribution < -0.4 is 5.73 Å². The molecule has 17 heavy (non-hydrogen) atoms. The first kappa shape index (κ1) is 12.4. The summed E-state index contributed by atoms with van der Waals surface area (Å²) in [6.07, 6.45) is 5.86. The van der Waals surface area contributed by atoms with Gasteiger partial charge in [-0.2, -0.15) is 0 Å². The van der Waals surface area contributed by atoms with Gasteiger partial charge in [-0.05, 0) is 30.5 Å². The molecule has 1 aliphatic carbocycles. The van der Waals surface area contributed by atoms with Gasteiger partial charge in [0.1, 0.15) is 0 Å². The van der Waals surface area contributed by atoms with Gasteiger partial charge in [0.25, 0.3) is 0 Å². The molecule has 1 aliphatic rings. The van der Waals surface area contributed by atoms with E-state index in [9.17, 15) is 8.42 Å². The summed E-state index contributed by atoms with van der Waals surface area (Å²) in [6, 6.07) is 7.34. The first-order valence-electron chi connectivity index (χ1n) is 6.01. The normalized spacial score (nSPS) is 20.1. The number of rotatable bonds is 2. The maximum Gasteiger partial charge on any atom is 0.157 e. The SMILES string of the molecule is CS(=O)(=O)C1(c2cccc(N)c2)CCCCC1. The Hall–Kier alpha value is -1.03. The molecular weight excluding hydrogens is 234 g/mol. The van der Waals surface area contributed by atoms with Crippen LogP contribution in [0.2, 0.25) is 0 Å². The lowest BCUT2D eigenvalue weighted by Crippen LogP contribution is -2.37. The molecule has 1 fully saturated rings. The number of nitrogen functional groups attached to an aromatic ring is 1. The lowest BCUT2D eigenvalue weighted by atomic mass is 9.83. The van der Waals surface area contributed by atoms with E-state index in [-0.39, 0.29) is 0 Å². The third kappa shape index (κ3) is 2.18. The quantitative estimate of drug-likeness (QED) is 0.824. The highest BCUT2D eigenvalue weighted by molar-refractivity contribution is 7.91. The fourth-order valence-electron chi connectivity index (χ4n) is 2.82. The highest BCUT2D eigenvalue weighted by atomic mass is 32.2. The van der Waals surface area contributed by atoms with Crippen molar-refractivity contribution >= 4 is 15.5 Å². The van der Waals surface area contributed by atoms with Gasteiger partial charge in [-0.25, -0.2) is 8.42 Å². The summed E-state index contributed by atoms with van der Waals surface area (Å²) in [5, 5.41) is 0. The van der Waals surface area contributed by atoms with E-state index in [1.54, 1.807) is 6.07 Å². The van der Waals surface area contributed by atoms with E-state index in [0.29, 0.717) is 5.69 Å². The standard InChI is InChI=1S/C13H19NO2S/c1-17(15,16)13(8-3-2-4-9-13)11-6-5-7-12(14)10-11/h5-7,10H,2-4,8-9,14H2,1H3.